The first-order valence-corrected chi connectivity index (χ1v) is 6.76. The van der Waals surface area contributed by atoms with E-state index in [1.54, 1.807) is 6.07 Å². The van der Waals surface area contributed by atoms with Gasteiger partial charge in [0.15, 0.2) is 0 Å². The van der Waals surface area contributed by atoms with Gasteiger partial charge >= 0.3 is 23.9 Å². The number of carboxylic acids is 4. The molecule has 8 N–H and O–H groups in total. The summed E-state index contributed by atoms with van der Waals surface area (Å²) in [5.74, 6) is -5.26. The predicted molar refractivity (Wildman–Crippen MR) is 89.5 cm³/mol. The summed E-state index contributed by atoms with van der Waals surface area (Å²) in [6.45, 7) is 0. The van der Waals surface area contributed by atoms with Crippen LogP contribution in [0.25, 0.3) is 0 Å². The third-order valence-corrected chi connectivity index (χ3v) is 3.04. The highest BCUT2D eigenvalue weighted by atomic mass is 16.4. The van der Waals surface area contributed by atoms with E-state index in [4.69, 9.17) is 31.9 Å². The number of aromatic carboxylic acids is 4. The number of carbonyl (C=O) groups is 4. The molecule has 0 unspecified atom stereocenters. The molecule has 0 atom stereocenters. The van der Waals surface area contributed by atoms with Crippen LogP contribution in [0.1, 0.15) is 41.4 Å². The van der Waals surface area contributed by atoms with E-state index in [2.05, 4.69) is 0 Å². The van der Waals surface area contributed by atoms with Crippen molar-refractivity contribution in [2.75, 3.05) is 11.5 Å². The Labute approximate surface area is 145 Å². The zero-order valence-electron chi connectivity index (χ0n) is 13.0. The lowest BCUT2D eigenvalue weighted by Gasteiger charge is -2.02. The minimum Gasteiger partial charge on any atom is -0.478 e. The van der Waals surface area contributed by atoms with Gasteiger partial charge < -0.3 is 31.9 Å². The maximum Gasteiger partial charge on any atom is 0.337 e. The van der Waals surface area contributed by atoms with E-state index in [1.165, 1.54) is 12.1 Å². The monoisotopic (exact) mass is 362 g/mol. The molecule has 136 valence electrons. The van der Waals surface area contributed by atoms with Crippen molar-refractivity contribution in [1.82, 2.24) is 0 Å². The molecule has 26 heavy (non-hydrogen) atoms. The van der Waals surface area contributed by atoms with Gasteiger partial charge in [0.1, 0.15) is 0 Å². The molecule has 0 aliphatic carbocycles. The van der Waals surface area contributed by atoms with Crippen LogP contribution in [0.15, 0.2) is 36.4 Å². The Kier molecular flexibility index (Phi) is 6.26. The number of anilines is 2. The number of nitrogen functional groups attached to an aromatic ring is 2. The maximum absolute atomic E-state index is 10.6. The smallest absolute Gasteiger partial charge is 0.337 e. The lowest BCUT2D eigenvalue weighted by Crippen LogP contribution is -2.10. The summed E-state index contributed by atoms with van der Waals surface area (Å²) in [7, 11) is 0. The van der Waals surface area contributed by atoms with E-state index in [9.17, 15) is 19.2 Å². The summed E-state index contributed by atoms with van der Waals surface area (Å²) >= 11 is 0. The number of hydrogen-bond donors (Lipinski definition) is 6. The molecule has 0 fully saturated rings. The summed E-state index contributed by atoms with van der Waals surface area (Å²) in [6.07, 6.45) is 0. The van der Waals surface area contributed by atoms with Crippen LogP contribution >= 0.6 is 0 Å². The van der Waals surface area contributed by atoms with Gasteiger partial charge in [-0.3, -0.25) is 0 Å². The molecule has 0 spiro atoms. The van der Waals surface area contributed by atoms with E-state index >= 15 is 0 Å². The largest absolute Gasteiger partial charge is 0.478 e. The molecule has 0 heterocycles. The first kappa shape index (κ1) is 20.0. The Morgan fingerprint density at radius 3 is 1.58 bits per heavy atom. The van der Waals surface area contributed by atoms with Gasteiger partial charge in [-0.25, -0.2) is 19.2 Å². The number of nitrogens with two attached hydrogens (primary N) is 2. The van der Waals surface area contributed by atoms with Crippen LogP contribution in [0.5, 0.6) is 0 Å². The third-order valence-electron chi connectivity index (χ3n) is 3.04. The first-order chi connectivity index (χ1) is 12.0. The topological polar surface area (TPSA) is 201 Å². The second-order valence-corrected chi connectivity index (χ2v) is 4.83. The molecular weight excluding hydrogens is 348 g/mol. The Bertz CT molecular complexity index is 892. The predicted octanol–water partition coefficient (Wildman–Crippen LogP) is 1.33. The van der Waals surface area contributed by atoms with Crippen LogP contribution in [0.3, 0.4) is 0 Å². The Morgan fingerprint density at radius 2 is 1.15 bits per heavy atom. The lowest BCUT2D eigenvalue weighted by molar-refractivity contribution is 0.0649. The number of benzene rings is 2. The zero-order valence-corrected chi connectivity index (χ0v) is 13.0. The van der Waals surface area contributed by atoms with Crippen molar-refractivity contribution in [2.45, 2.75) is 0 Å². The summed E-state index contributed by atoms with van der Waals surface area (Å²) < 4.78 is 0. The van der Waals surface area contributed by atoms with Crippen molar-refractivity contribution >= 4 is 35.3 Å². The van der Waals surface area contributed by atoms with Crippen LogP contribution < -0.4 is 11.5 Å². The fourth-order valence-corrected chi connectivity index (χ4v) is 1.80. The highest BCUT2D eigenvalue weighted by molar-refractivity contribution is 6.03. The lowest BCUT2D eigenvalue weighted by atomic mass is 10.0. The number of carboxylic acid groups (broad SMARTS) is 4. The molecule has 0 aliphatic heterocycles. The summed E-state index contributed by atoms with van der Waals surface area (Å²) in [5.41, 5.74) is 10.1. The molecule has 10 nitrogen and oxygen atoms in total. The van der Waals surface area contributed by atoms with Crippen molar-refractivity contribution < 1.29 is 39.6 Å². The van der Waals surface area contributed by atoms with E-state index in [-0.39, 0.29) is 16.8 Å². The van der Waals surface area contributed by atoms with Crippen molar-refractivity contribution in [2.24, 2.45) is 0 Å². The molecule has 2 aromatic carbocycles. The summed E-state index contributed by atoms with van der Waals surface area (Å²) in [5, 5.41) is 34.4. The maximum atomic E-state index is 10.6. The van der Waals surface area contributed by atoms with Crippen LogP contribution in [0, 0.1) is 0 Å². The van der Waals surface area contributed by atoms with Gasteiger partial charge in [-0.15, -0.1) is 0 Å². The Balaban J connectivity index is 0.000000273. The van der Waals surface area contributed by atoms with Gasteiger partial charge in [0.25, 0.3) is 0 Å². The quantitative estimate of drug-likeness (QED) is 0.431. The van der Waals surface area contributed by atoms with Crippen molar-refractivity contribution in [3.05, 3.63) is 58.7 Å². The third kappa shape index (κ3) is 4.96. The van der Waals surface area contributed by atoms with Gasteiger partial charge in [-0.05, 0) is 36.4 Å². The van der Waals surface area contributed by atoms with Crippen molar-refractivity contribution in [3.63, 3.8) is 0 Å². The van der Waals surface area contributed by atoms with E-state index in [0.717, 1.165) is 18.2 Å². The second-order valence-electron chi connectivity index (χ2n) is 4.83. The molecule has 0 bridgehead atoms. The zero-order chi connectivity index (χ0) is 20.0. The fraction of sp³-hybridized carbons (Fsp3) is 0. The van der Waals surface area contributed by atoms with E-state index in [0.29, 0.717) is 5.69 Å². The minimum absolute atomic E-state index is 0.0463. The molecule has 10 heteroatoms. The average molecular weight is 362 g/mol. The molecule has 2 rings (SSSR count). The second kappa shape index (κ2) is 8.15. The van der Waals surface area contributed by atoms with Gasteiger partial charge in [-0.2, -0.15) is 0 Å². The molecule has 0 aliphatic rings. The normalized spacial score (nSPS) is 9.54. The van der Waals surface area contributed by atoms with E-state index < -0.39 is 35.0 Å². The van der Waals surface area contributed by atoms with Crippen molar-refractivity contribution in [3.8, 4) is 0 Å². The van der Waals surface area contributed by atoms with Gasteiger partial charge in [-0.1, -0.05) is 0 Å². The van der Waals surface area contributed by atoms with Gasteiger partial charge in [0.2, 0.25) is 0 Å². The molecule has 0 radical (unpaired) electrons. The Hall–Kier alpha value is -4.08. The van der Waals surface area contributed by atoms with Crippen molar-refractivity contribution in [1.29, 1.82) is 0 Å². The SMILES string of the molecule is Nc1ccc(N)c(C(=O)O)c1.O=C(O)c1ccc(C(=O)O)c(C(=O)O)c1. The van der Waals surface area contributed by atoms with Crippen LogP contribution in [-0.4, -0.2) is 44.3 Å². The number of rotatable bonds is 4. The molecule has 0 saturated carbocycles. The highest BCUT2D eigenvalue weighted by Crippen LogP contribution is 2.15. The van der Waals surface area contributed by atoms with Gasteiger partial charge in [0, 0.05) is 11.4 Å². The summed E-state index contributed by atoms with van der Waals surface area (Å²) in [6, 6.07) is 7.17. The van der Waals surface area contributed by atoms with Crippen LogP contribution in [-0.2, 0) is 0 Å². The first-order valence-electron chi connectivity index (χ1n) is 6.76. The number of hydrogen-bond acceptors (Lipinski definition) is 6. The molecule has 2 aromatic rings. The molecule has 0 amide bonds. The van der Waals surface area contributed by atoms with Crippen LogP contribution in [0.2, 0.25) is 0 Å². The fourth-order valence-electron chi connectivity index (χ4n) is 1.80. The molecule has 0 aromatic heterocycles. The molecule has 0 saturated heterocycles. The summed E-state index contributed by atoms with van der Waals surface area (Å²) in [4.78, 5) is 42.2. The Morgan fingerprint density at radius 1 is 0.615 bits per heavy atom. The highest BCUT2D eigenvalue weighted by Gasteiger charge is 2.17. The minimum atomic E-state index is -1.48. The van der Waals surface area contributed by atoms with Gasteiger partial charge in [0.05, 0.1) is 22.3 Å². The van der Waals surface area contributed by atoms with E-state index in [1.807, 2.05) is 0 Å². The van der Waals surface area contributed by atoms with Crippen LogP contribution in [0.4, 0.5) is 11.4 Å². The standard InChI is InChI=1S/C9H6O6.C7H8N2O2/c10-7(11)4-1-2-5(8(12)13)6(3-4)9(14)15;8-4-1-2-6(9)5(3-4)7(10)11/h1-3H,(H,10,11)(H,12,13)(H,14,15);1-3H,8-9H2,(H,10,11). The molecular formula is C16H14N2O8. The average Bonchev–Trinajstić information content (AvgIpc) is 2.56.